The van der Waals surface area contributed by atoms with Crippen LogP contribution in [0.25, 0.3) is 0 Å². The molecule has 70 valence electrons. The second kappa shape index (κ2) is 5.60. The lowest BCUT2D eigenvalue weighted by molar-refractivity contribution is 0.562. The Labute approximate surface area is 81.0 Å². The Hall–Kier alpha value is -2.02. The molecule has 0 atom stereocenters. The van der Waals surface area contributed by atoms with Crippen LogP contribution in [0.5, 0.6) is 0 Å². The van der Waals surface area contributed by atoms with Gasteiger partial charge >= 0.3 is 0 Å². The highest BCUT2D eigenvalue weighted by molar-refractivity contribution is 5.49. The molecule has 1 rings (SSSR count). The Morgan fingerprint density at radius 3 is 2.79 bits per heavy atom. The van der Waals surface area contributed by atoms with Gasteiger partial charge in [-0.25, -0.2) is 14.6 Å². The quantitative estimate of drug-likeness (QED) is 0.531. The van der Waals surface area contributed by atoms with E-state index >= 15 is 0 Å². The molecule has 0 heterocycles. The predicted molar refractivity (Wildman–Crippen MR) is 50.9 cm³/mol. The van der Waals surface area contributed by atoms with Crippen LogP contribution in [-0.4, -0.2) is 18.7 Å². The van der Waals surface area contributed by atoms with Gasteiger partial charge in [-0.05, 0) is 24.1 Å². The Morgan fingerprint density at radius 2 is 2.07 bits per heavy atom. The van der Waals surface area contributed by atoms with Crippen molar-refractivity contribution in [3.8, 4) is 0 Å². The molecule has 4 nitrogen and oxygen atoms in total. The second-order valence-electron chi connectivity index (χ2n) is 2.60. The van der Waals surface area contributed by atoms with Gasteiger partial charge in [-0.1, -0.05) is 12.1 Å². The molecule has 0 aromatic heterocycles. The van der Waals surface area contributed by atoms with E-state index in [2.05, 4.69) is 9.98 Å². The van der Waals surface area contributed by atoms with E-state index in [1.54, 1.807) is 18.2 Å². The summed E-state index contributed by atoms with van der Waals surface area (Å²) in [5.41, 5.74) is 1.54. The van der Waals surface area contributed by atoms with Crippen molar-refractivity contribution in [3.63, 3.8) is 0 Å². The van der Waals surface area contributed by atoms with Crippen LogP contribution in [-0.2, 0) is 16.0 Å². The molecule has 0 fully saturated rings. The Bertz CT molecular complexity index is 402. The first-order chi connectivity index (χ1) is 6.86. The summed E-state index contributed by atoms with van der Waals surface area (Å²) in [7, 11) is 0. The maximum atomic E-state index is 9.98. The highest BCUT2D eigenvalue weighted by Gasteiger charge is 1.93. The lowest BCUT2D eigenvalue weighted by atomic mass is 10.1. The van der Waals surface area contributed by atoms with Crippen LogP contribution < -0.4 is 0 Å². The van der Waals surface area contributed by atoms with Gasteiger partial charge in [0.1, 0.15) is 0 Å². The molecule has 4 heteroatoms. The third kappa shape index (κ3) is 3.15. The molecule has 0 aliphatic rings. The third-order valence-electron chi connectivity index (χ3n) is 1.66. The van der Waals surface area contributed by atoms with Crippen LogP contribution in [0, 0.1) is 0 Å². The van der Waals surface area contributed by atoms with Gasteiger partial charge in [0, 0.05) is 0 Å². The minimum absolute atomic E-state index is 0.401. The Morgan fingerprint density at radius 1 is 1.21 bits per heavy atom. The first-order valence-corrected chi connectivity index (χ1v) is 4.07. The minimum Gasteiger partial charge on any atom is -0.211 e. The van der Waals surface area contributed by atoms with Crippen molar-refractivity contribution in [1.82, 2.24) is 0 Å². The molecule has 0 amide bonds. The number of nitrogens with zero attached hydrogens (tertiary/aromatic N) is 2. The molecule has 0 spiro atoms. The maximum Gasteiger partial charge on any atom is 0.240 e. The number of hydrogen-bond donors (Lipinski definition) is 0. The fourth-order valence-corrected chi connectivity index (χ4v) is 1.06. The van der Waals surface area contributed by atoms with Crippen molar-refractivity contribution in [2.45, 2.75) is 6.42 Å². The molecule has 0 radical (unpaired) electrons. The first kappa shape index (κ1) is 10.1. The van der Waals surface area contributed by atoms with E-state index in [1.807, 2.05) is 6.07 Å². The van der Waals surface area contributed by atoms with E-state index in [-0.39, 0.29) is 0 Å². The molecule has 0 unspecified atom stereocenters. The number of rotatable bonds is 4. The van der Waals surface area contributed by atoms with Crippen LogP contribution in [0.3, 0.4) is 0 Å². The summed E-state index contributed by atoms with van der Waals surface area (Å²) in [5.74, 6) is 0. The average molecular weight is 188 g/mol. The molecule has 14 heavy (non-hydrogen) atoms. The number of carbonyl (C=O) groups excluding carboxylic acids is 2. The molecule has 0 aliphatic carbocycles. The molecule has 0 aliphatic heterocycles. The van der Waals surface area contributed by atoms with E-state index in [4.69, 9.17) is 0 Å². The number of benzene rings is 1. The van der Waals surface area contributed by atoms with Crippen molar-refractivity contribution >= 4 is 17.8 Å². The molecule has 0 saturated carbocycles. The largest absolute Gasteiger partial charge is 0.240 e. The summed E-state index contributed by atoms with van der Waals surface area (Å²) >= 11 is 0. The number of isocyanates is 2. The molecule has 0 bridgehead atoms. The lowest BCUT2D eigenvalue weighted by Gasteiger charge is -1.97. The zero-order chi connectivity index (χ0) is 10.2. The van der Waals surface area contributed by atoms with E-state index in [0.29, 0.717) is 18.7 Å². The van der Waals surface area contributed by atoms with E-state index in [1.165, 1.54) is 12.2 Å². The average Bonchev–Trinajstić information content (AvgIpc) is 2.19. The topological polar surface area (TPSA) is 58.9 Å². The molecule has 1 aromatic rings. The molecular weight excluding hydrogens is 180 g/mol. The first-order valence-electron chi connectivity index (χ1n) is 4.07. The summed E-state index contributed by atoms with van der Waals surface area (Å²) in [5, 5.41) is 0. The zero-order valence-corrected chi connectivity index (χ0v) is 7.43. The molecular formula is C10H8N2O2. The second-order valence-corrected chi connectivity index (χ2v) is 2.60. The van der Waals surface area contributed by atoms with Gasteiger partial charge in [-0.2, -0.15) is 4.99 Å². The fraction of sp³-hybridized carbons (Fsp3) is 0.200. The van der Waals surface area contributed by atoms with E-state index in [9.17, 15) is 9.59 Å². The fourth-order valence-electron chi connectivity index (χ4n) is 1.06. The van der Waals surface area contributed by atoms with E-state index in [0.717, 1.165) is 5.56 Å². The smallest absolute Gasteiger partial charge is 0.211 e. The van der Waals surface area contributed by atoms with Crippen molar-refractivity contribution in [2.75, 3.05) is 6.54 Å². The summed E-state index contributed by atoms with van der Waals surface area (Å²) in [4.78, 5) is 26.7. The summed E-state index contributed by atoms with van der Waals surface area (Å²) in [6, 6.07) is 7.13. The van der Waals surface area contributed by atoms with Gasteiger partial charge in [-0.3, -0.25) is 0 Å². The van der Waals surface area contributed by atoms with Crippen LogP contribution in [0.4, 0.5) is 5.69 Å². The summed E-state index contributed by atoms with van der Waals surface area (Å²) in [6.45, 7) is 0.401. The van der Waals surface area contributed by atoms with Crippen LogP contribution in [0.15, 0.2) is 34.3 Å². The minimum atomic E-state index is 0.401. The zero-order valence-electron chi connectivity index (χ0n) is 7.43. The van der Waals surface area contributed by atoms with Crippen LogP contribution >= 0.6 is 0 Å². The summed E-state index contributed by atoms with van der Waals surface area (Å²) < 4.78 is 0. The van der Waals surface area contributed by atoms with E-state index < -0.39 is 0 Å². The predicted octanol–water partition coefficient (Wildman–Crippen LogP) is 1.53. The molecule has 0 saturated heterocycles. The molecule has 1 aromatic carbocycles. The van der Waals surface area contributed by atoms with Crippen LogP contribution in [0.2, 0.25) is 0 Å². The highest BCUT2D eigenvalue weighted by Crippen LogP contribution is 2.13. The van der Waals surface area contributed by atoms with Gasteiger partial charge < -0.3 is 0 Å². The monoisotopic (exact) mass is 188 g/mol. The molecule has 0 N–H and O–H groups in total. The maximum absolute atomic E-state index is 9.98. The van der Waals surface area contributed by atoms with Gasteiger partial charge in [0.2, 0.25) is 12.2 Å². The van der Waals surface area contributed by atoms with Crippen LogP contribution in [0.1, 0.15) is 5.56 Å². The lowest BCUT2D eigenvalue weighted by Crippen LogP contribution is -1.88. The summed E-state index contributed by atoms with van der Waals surface area (Å²) in [6.07, 6.45) is 3.57. The Kier molecular flexibility index (Phi) is 4.02. The van der Waals surface area contributed by atoms with Gasteiger partial charge in [0.15, 0.2) is 0 Å². The van der Waals surface area contributed by atoms with Crippen molar-refractivity contribution < 1.29 is 9.59 Å². The SMILES string of the molecule is O=C=NCCc1cccc(N=C=O)c1. The normalized spacial score (nSPS) is 8.57. The van der Waals surface area contributed by atoms with Gasteiger partial charge in [0.25, 0.3) is 0 Å². The van der Waals surface area contributed by atoms with Gasteiger partial charge in [-0.15, -0.1) is 0 Å². The standard InChI is InChI=1S/C10H8N2O2/c13-7-11-5-4-9-2-1-3-10(6-9)12-8-14/h1-3,6H,4-5H2. The van der Waals surface area contributed by atoms with Crippen molar-refractivity contribution in [1.29, 1.82) is 0 Å². The Balaban J connectivity index is 2.72. The highest BCUT2D eigenvalue weighted by atomic mass is 16.1. The number of aliphatic imine (C=N–C) groups is 2. The number of hydrogen-bond acceptors (Lipinski definition) is 4. The van der Waals surface area contributed by atoms with Crippen molar-refractivity contribution in [2.24, 2.45) is 9.98 Å². The van der Waals surface area contributed by atoms with Gasteiger partial charge in [0.05, 0.1) is 12.2 Å². The third-order valence-corrected chi connectivity index (χ3v) is 1.66. The van der Waals surface area contributed by atoms with Crippen molar-refractivity contribution in [3.05, 3.63) is 29.8 Å².